The molecule has 6 fully saturated rings. The Morgan fingerprint density at radius 1 is 0.515 bits per heavy atom. The number of hydrogen-bond donors (Lipinski definition) is 6. The molecule has 0 aromatic carbocycles. The summed E-state index contributed by atoms with van der Waals surface area (Å²) < 4.78 is 83.4. The number of unbranched alkanes of at least 4 members (excludes halogenated alkanes) is 2. The van der Waals surface area contributed by atoms with E-state index < -0.39 is 53.3 Å². The van der Waals surface area contributed by atoms with Crippen LogP contribution in [0.4, 0.5) is 0 Å². The van der Waals surface area contributed by atoms with Gasteiger partial charge in [0.1, 0.15) is 18.4 Å². The second-order valence-electron chi connectivity index (χ2n) is 20.2. The third-order valence-electron chi connectivity index (χ3n) is 12.6. The largest absolute Gasteiger partial charge is 1.00 e. The number of carbonyl (C=O) groups is 9. The van der Waals surface area contributed by atoms with E-state index in [0.717, 1.165) is 106 Å². The van der Waals surface area contributed by atoms with E-state index in [0.29, 0.717) is 117 Å². The Bertz CT molecular complexity index is 1840. The molecule has 6 heterocycles. The molecular weight excluding hydrogens is 1640 g/mol. The van der Waals surface area contributed by atoms with Crippen LogP contribution in [0.3, 0.4) is 0 Å². The van der Waals surface area contributed by atoms with Crippen LogP contribution in [-0.4, -0.2) is 254 Å². The van der Waals surface area contributed by atoms with Gasteiger partial charge < -0.3 is 112 Å². The number of aliphatic carboxylic acids is 3. The zero-order valence-electron chi connectivity index (χ0n) is 58.0. The number of nitrogens with two attached hydrogens (primary N) is 2. The molecule has 6 rings (SSSR count). The molecule has 0 aliphatic carbocycles. The summed E-state index contributed by atoms with van der Waals surface area (Å²) in [5, 5.41) is 36.2. The van der Waals surface area contributed by atoms with Crippen molar-refractivity contribution in [2.24, 2.45) is 11.5 Å². The molecule has 1 unspecified atom stereocenters. The molecule has 0 spiro atoms. The molecule has 0 radical (unpaired) electrons. The second kappa shape index (κ2) is 84.1. The molecule has 31 nitrogen and oxygen atoms in total. The molecule has 2 atom stereocenters. The van der Waals surface area contributed by atoms with E-state index >= 15 is 0 Å². The van der Waals surface area contributed by atoms with Crippen molar-refractivity contribution >= 4 is 143 Å². The first kappa shape index (κ1) is 111. The molecule has 582 valence electrons. The van der Waals surface area contributed by atoms with Gasteiger partial charge in [-0.1, -0.05) is 47.8 Å². The van der Waals surface area contributed by atoms with Crippen LogP contribution in [0, 0.1) is 0 Å². The molecule has 8 N–H and O–H groups in total. The first-order chi connectivity index (χ1) is 46.2. The molecule has 0 aromatic heterocycles. The number of methoxy groups -OCH3 is 3. The van der Waals surface area contributed by atoms with E-state index in [1.54, 1.807) is 21.1 Å². The number of aliphatic hydroxyl groups is 1. The summed E-state index contributed by atoms with van der Waals surface area (Å²) in [5.41, 5.74) is 10.9. The number of ketones is 3. The Morgan fingerprint density at radius 2 is 0.859 bits per heavy atom. The van der Waals surface area contributed by atoms with Crippen molar-refractivity contribution in [3.8, 4) is 0 Å². The Labute approximate surface area is 652 Å². The first-order valence-electron chi connectivity index (χ1n) is 32.0. The van der Waals surface area contributed by atoms with Crippen molar-refractivity contribution in [1.82, 2.24) is 0 Å². The number of esters is 2. The van der Waals surface area contributed by atoms with Gasteiger partial charge in [-0.15, -0.1) is 29.4 Å². The van der Waals surface area contributed by atoms with E-state index in [1.165, 1.54) is 20.0 Å². The number of halogens is 6. The summed E-state index contributed by atoms with van der Waals surface area (Å²) in [7, 11) is 4.48. The monoisotopic (exact) mass is 1740 g/mol. The maximum absolute atomic E-state index is 11.2. The van der Waals surface area contributed by atoms with Gasteiger partial charge in [0.25, 0.3) is 0 Å². The Kier molecular flexibility index (Phi) is 94.5. The quantitative estimate of drug-likeness (QED) is 0.00984. The molecule has 38 heteroatoms. The van der Waals surface area contributed by atoms with Crippen LogP contribution in [0.2, 0.25) is 0 Å². The van der Waals surface area contributed by atoms with Gasteiger partial charge in [-0.3, -0.25) is 24.0 Å². The van der Waals surface area contributed by atoms with Crippen LogP contribution < -0.4 is 45.7 Å². The SMILES string of the molecule is Br.BrCCCC1OCCO1.C1CCOC1.CCOC(=O)C(=O)CCCC1OCCO1.COC(=O)[C@@H](N)CCCC(OC)OC.Cl.NC(CCCC1OCCO1)C(=O)O.O=C(O)C(=O)CCCC1OCCO1.O=C(O)C(=O)CCCC1OCCO1.O=CCCCBr.OCCCCBr.[Na+].[O-]Cl. The summed E-state index contributed by atoms with van der Waals surface area (Å²) in [6.07, 6.45) is 16.0. The third-order valence-corrected chi connectivity index (χ3v) is 14.3. The average Bonchev–Trinajstić information content (AvgIpc) is 2.84. The van der Waals surface area contributed by atoms with E-state index in [9.17, 15) is 43.2 Å². The van der Waals surface area contributed by atoms with Crippen molar-refractivity contribution < 1.29 is 169 Å². The van der Waals surface area contributed by atoms with E-state index in [4.69, 9.17) is 98.1 Å². The zero-order valence-corrected chi connectivity index (χ0v) is 68.0. The fraction of sp³-hybridized carbons (Fsp3) is 0.852. The van der Waals surface area contributed by atoms with Crippen molar-refractivity contribution in [3.63, 3.8) is 0 Å². The number of ether oxygens (including phenoxy) is 15. The number of carboxylic acid groups (broad SMARTS) is 3. The second-order valence-corrected chi connectivity index (χ2v) is 22.6. The van der Waals surface area contributed by atoms with Gasteiger partial charge in [0.2, 0.25) is 17.3 Å². The molecule has 0 saturated carbocycles. The number of alkyl halides is 3. The van der Waals surface area contributed by atoms with Crippen molar-refractivity contribution in [3.05, 3.63) is 0 Å². The van der Waals surface area contributed by atoms with Gasteiger partial charge in [0.05, 0.1) is 79.8 Å². The van der Waals surface area contributed by atoms with E-state index in [2.05, 4.69) is 69.1 Å². The number of carboxylic acids is 3. The summed E-state index contributed by atoms with van der Waals surface area (Å²) in [5.74, 6) is -6.79. The van der Waals surface area contributed by atoms with Crippen LogP contribution >= 0.6 is 89.0 Å². The summed E-state index contributed by atoms with van der Waals surface area (Å²) >= 11 is 13.2. The maximum Gasteiger partial charge on any atom is 1.00 e. The summed E-state index contributed by atoms with van der Waals surface area (Å²) in [6, 6.07) is -1.31. The minimum absolute atomic E-state index is 0. The van der Waals surface area contributed by atoms with Gasteiger partial charge in [0, 0.05) is 75.7 Å². The number of rotatable bonds is 37. The van der Waals surface area contributed by atoms with E-state index in [-0.39, 0.29) is 129 Å². The minimum atomic E-state index is -1.37. The normalized spacial score (nSPS) is 15.8. The van der Waals surface area contributed by atoms with E-state index in [1.807, 2.05) is 0 Å². The fourth-order valence-corrected chi connectivity index (χ4v) is 8.58. The maximum atomic E-state index is 11.2. The molecule has 6 saturated heterocycles. The van der Waals surface area contributed by atoms with Crippen LogP contribution in [0.25, 0.3) is 0 Å². The fourth-order valence-electron chi connectivity index (χ4n) is 7.54. The zero-order chi connectivity index (χ0) is 72.8. The standard InChI is InChI=1S/C10H16O5.C9H19NO4.C8H15NO4.2C8H12O5.C6H11BrO2.C4H9BrO.C4H7BrO.C4H8O.BrH.ClO.ClH.Na/c1-2-13-10(12)8(11)4-3-5-9-14-6-7-15-9;1-12-8(13-2)6-4-5-7(10)9(11)14-3;3*9-6(8(10)11)2-1-3-7-12-4-5-13-7;7-3-1-2-6-8-4-5-9-6;2*5-3-1-2-4-6;1-2-4-5-3-1;;1-2;;/h9H,2-7H2,1H3;7-8H,4-6,10H2,1-3H3;6-7H,1-5,9H2,(H,10,11);2*7H,1-5H2,(H,10,11);6H,1-5H2;6H,1-4H2;4H,1-3H2;1-4H2;1H;;1H;/q;;;;;;;;;;-1;;+1/t;7-;;;;;;;;;;;/m.0.........../s1. The van der Waals surface area contributed by atoms with Crippen LogP contribution in [0.1, 0.15) is 155 Å². The summed E-state index contributed by atoms with van der Waals surface area (Å²) in [6.45, 7) is 10.6. The van der Waals surface area contributed by atoms with Crippen molar-refractivity contribution in [2.75, 3.05) is 130 Å². The smallest absolute Gasteiger partial charge is 0.769 e. The van der Waals surface area contributed by atoms with Gasteiger partial charge >= 0.3 is 59.4 Å². The Balaban J connectivity index is -0.000000194. The number of aldehydes is 1. The van der Waals surface area contributed by atoms with Crippen molar-refractivity contribution in [2.45, 2.75) is 204 Å². The number of aliphatic hydroxyl groups excluding tert-OH is 1. The predicted molar refractivity (Wildman–Crippen MR) is 374 cm³/mol. The van der Waals surface area contributed by atoms with Gasteiger partial charge in [0.15, 0.2) is 37.7 Å². The Morgan fingerprint density at radius 3 is 1.12 bits per heavy atom. The summed E-state index contributed by atoms with van der Waals surface area (Å²) in [4.78, 5) is 94.4. The topological polar surface area (TPSA) is 448 Å². The molecule has 0 amide bonds. The van der Waals surface area contributed by atoms with Crippen LogP contribution in [-0.2, 0) is 114 Å². The van der Waals surface area contributed by atoms with Crippen LogP contribution in [0.15, 0.2) is 0 Å². The number of carbonyl (C=O) groups excluding carboxylic acids is 6. The van der Waals surface area contributed by atoms with Gasteiger partial charge in [-0.2, -0.15) is 0 Å². The minimum Gasteiger partial charge on any atom is -0.769 e. The molecule has 0 bridgehead atoms. The number of Topliss-reactive ketones (excluding diaryl/α,β-unsaturated/α-hetero) is 3. The Hall–Kier alpha value is -1.15. The third kappa shape index (κ3) is 74.9. The predicted octanol–water partition coefficient (Wildman–Crippen LogP) is 3.60. The number of hydrogen-bond acceptors (Lipinski definition) is 28. The molecule has 0 aromatic rings. The van der Waals surface area contributed by atoms with Crippen LogP contribution in [0.5, 0.6) is 0 Å². The van der Waals surface area contributed by atoms with Gasteiger partial charge in [-0.25, -0.2) is 26.2 Å². The molecule has 99 heavy (non-hydrogen) atoms. The molecular formula is C61H111Br4Cl2N2NaO29. The molecule has 6 aliphatic rings. The van der Waals surface area contributed by atoms with Gasteiger partial charge in [-0.05, 0) is 129 Å². The molecule has 6 aliphatic heterocycles. The van der Waals surface area contributed by atoms with Crippen molar-refractivity contribution in [1.29, 1.82) is 0 Å². The average molecular weight is 1750 g/mol. The first-order valence-corrected chi connectivity index (χ1v) is 35.6.